The number of halogens is 1. The Balaban J connectivity index is 1.63. The lowest BCUT2D eigenvalue weighted by molar-refractivity contribution is 0.0478. The molecule has 0 spiro atoms. The van der Waals surface area contributed by atoms with E-state index in [9.17, 15) is 14.0 Å². The summed E-state index contributed by atoms with van der Waals surface area (Å²) in [5, 5.41) is 8.31. The molecule has 0 aliphatic carbocycles. The molecule has 0 aliphatic heterocycles. The van der Waals surface area contributed by atoms with Gasteiger partial charge in [0, 0.05) is 17.4 Å². The van der Waals surface area contributed by atoms with Gasteiger partial charge in [-0.3, -0.25) is 9.78 Å². The summed E-state index contributed by atoms with van der Waals surface area (Å²) in [6, 6.07) is 19.1. The summed E-state index contributed by atoms with van der Waals surface area (Å²) in [7, 11) is 0. The quantitative estimate of drug-likeness (QED) is 0.167. The van der Waals surface area contributed by atoms with E-state index in [2.05, 4.69) is 10.2 Å². The second kappa shape index (κ2) is 13.1. The van der Waals surface area contributed by atoms with E-state index in [0.29, 0.717) is 57.4 Å². The molecule has 0 unspecified atom stereocenters. The zero-order valence-electron chi connectivity index (χ0n) is 24.1. The zero-order valence-corrected chi connectivity index (χ0v) is 24.9. The lowest BCUT2D eigenvalue weighted by Crippen LogP contribution is -2.20. The van der Waals surface area contributed by atoms with Crippen molar-refractivity contribution >= 4 is 23.2 Å². The fourth-order valence-electron chi connectivity index (χ4n) is 4.83. The van der Waals surface area contributed by atoms with E-state index in [1.54, 1.807) is 31.2 Å². The van der Waals surface area contributed by atoms with E-state index in [4.69, 9.17) is 19.9 Å². The van der Waals surface area contributed by atoms with Crippen molar-refractivity contribution in [2.75, 3.05) is 0 Å². The van der Waals surface area contributed by atoms with Gasteiger partial charge in [-0.05, 0) is 60.6 Å². The first-order valence-corrected chi connectivity index (χ1v) is 14.7. The molecule has 0 aliphatic rings. The maximum absolute atomic E-state index is 13.6. The third kappa shape index (κ3) is 7.03. The largest absolute Gasteiger partial charge is 0.457 e. The highest BCUT2D eigenvalue weighted by molar-refractivity contribution is 7.17. The van der Waals surface area contributed by atoms with Gasteiger partial charge in [0.1, 0.15) is 17.3 Å². The minimum atomic E-state index is -0.651. The van der Waals surface area contributed by atoms with Crippen LogP contribution in [-0.4, -0.2) is 27.1 Å². The first kappa shape index (κ1) is 29.8. The number of carbonyl (C=O) groups is 2. The van der Waals surface area contributed by atoms with Crippen molar-refractivity contribution in [2.24, 2.45) is 11.7 Å². The van der Waals surface area contributed by atoms with Crippen LogP contribution in [-0.2, 0) is 30.6 Å². The average molecular weight is 599 g/mol. The molecular weight excluding hydrogens is 567 g/mol. The van der Waals surface area contributed by atoms with Gasteiger partial charge in [0.2, 0.25) is 11.8 Å². The molecule has 5 aromatic rings. The Morgan fingerprint density at radius 3 is 2.33 bits per heavy atom. The predicted molar refractivity (Wildman–Crippen MR) is 162 cm³/mol. The van der Waals surface area contributed by atoms with E-state index in [0.717, 1.165) is 11.1 Å². The lowest BCUT2D eigenvalue weighted by Gasteiger charge is -2.19. The van der Waals surface area contributed by atoms with Crippen LogP contribution in [0.2, 0.25) is 0 Å². The van der Waals surface area contributed by atoms with E-state index < -0.39 is 11.9 Å². The molecule has 0 atom stereocenters. The Morgan fingerprint density at radius 1 is 0.930 bits per heavy atom. The highest BCUT2D eigenvalue weighted by atomic mass is 32.1. The molecule has 3 heterocycles. The van der Waals surface area contributed by atoms with Crippen LogP contribution >= 0.6 is 11.3 Å². The number of carbonyl (C=O) groups excluding carboxylic acids is 2. The van der Waals surface area contributed by atoms with Crippen molar-refractivity contribution in [1.29, 1.82) is 0 Å². The highest BCUT2D eigenvalue weighted by Gasteiger charge is 2.29. The Morgan fingerprint density at radius 2 is 1.67 bits per heavy atom. The van der Waals surface area contributed by atoms with Crippen LogP contribution < -0.4 is 5.73 Å². The lowest BCUT2D eigenvalue weighted by atomic mass is 9.91. The smallest absolute Gasteiger partial charge is 0.348 e. The average Bonchev–Trinajstić information content (AvgIpc) is 3.65. The minimum absolute atomic E-state index is 0.132. The van der Waals surface area contributed by atoms with Gasteiger partial charge in [-0.25, -0.2) is 9.18 Å². The van der Waals surface area contributed by atoms with Crippen LogP contribution in [0.5, 0.6) is 0 Å². The van der Waals surface area contributed by atoms with Crippen molar-refractivity contribution in [2.45, 2.75) is 46.6 Å². The summed E-state index contributed by atoms with van der Waals surface area (Å²) in [6.07, 6.45) is 1.48. The summed E-state index contributed by atoms with van der Waals surface area (Å²) >= 11 is 1.19. The number of hydrogen-bond acceptors (Lipinski definition) is 8. The molecule has 3 aromatic heterocycles. The van der Waals surface area contributed by atoms with Crippen molar-refractivity contribution < 1.29 is 23.1 Å². The molecule has 0 fully saturated rings. The number of hydrogen-bond donors (Lipinski definition) is 1. The number of ether oxygens (including phenoxy) is 1. The van der Waals surface area contributed by atoms with Crippen LogP contribution in [0.4, 0.5) is 4.39 Å². The van der Waals surface area contributed by atoms with Gasteiger partial charge >= 0.3 is 5.97 Å². The standard InChI is InChI=1S/C33H31FN4O4S/c1-19(2)17-25-28(31(35)39)30(26-15-16-27(43-26)33(40)41-18-22-7-5-4-6-8-22)29(32-38-37-20(3)42-32)24(36-25)14-11-21-9-12-23(34)13-10-21/h4-10,12-13,15-16,19H,11,14,17-18H2,1-3H3,(H2,35,39). The molecule has 0 bridgehead atoms. The molecule has 10 heteroatoms. The predicted octanol–water partition coefficient (Wildman–Crippen LogP) is 6.75. The number of nitrogens with zero attached hydrogens (tertiary/aromatic N) is 3. The first-order valence-electron chi connectivity index (χ1n) is 13.9. The Hall–Kier alpha value is -4.70. The number of primary amides is 1. The van der Waals surface area contributed by atoms with Gasteiger partial charge in [-0.2, -0.15) is 0 Å². The zero-order chi connectivity index (χ0) is 30.5. The number of esters is 1. The van der Waals surface area contributed by atoms with Crippen LogP contribution in [0.15, 0.2) is 71.1 Å². The third-order valence-electron chi connectivity index (χ3n) is 6.77. The minimum Gasteiger partial charge on any atom is -0.457 e. The maximum Gasteiger partial charge on any atom is 0.348 e. The van der Waals surface area contributed by atoms with Gasteiger partial charge in [0.15, 0.2) is 0 Å². The number of benzene rings is 2. The van der Waals surface area contributed by atoms with Crippen molar-refractivity contribution in [3.63, 3.8) is 0 Å². The second-order valence-corrected chi connectivity index (χ2v) is 11.7. The van der Waals surface area contributed by atoms with Gasteiger partial charge in [-0.15, -0.1) is 21.5 Å². The van der Waals surface area contributed by atoms with Crippen LogP contribution in [0, 0.1) is 18.7 Å². The fourth-order valence-corrected chi connectivity index (χ4v) is 5.79. The molecule has 2 N–H and O–H groups in total. The number of pyridine rings is 1. The molecule has 8 nitrogen and oxygen atoms in total. The topological polar surface area (TPSA) is 121 Å². The van der Waals surface area contributed by atoms with E-state index in [-0.39, 0.29) is 29.8 Å². The summed E-state index contributed by atoms with van der Waals surface area (Å²) in [5.74, 6) is -0.743. The number of thiophene rings is 1. The van der Waals surface area contributed by atoms with Gasteiger partial charge in [0.05, 0.1) is 22.5 Å². The second-order valence-electron chi connectivity index (χ2n) is 10.6. The highest BCUT2D eigenvalue weighted by Crippen LogP contribution is 2.42. The van der Waals surface area contributed by atoms with Crippen LogP contribution in [0.3, 0.4) is 0 Å². The number of rotatable bonds is 11. The summed E-state index contributed by atoms with van der Waals surface area (Å²) in [5.41, 5.74) is 10.2. The molecule has 0 radical (unpaired) electrons. The summed E-state index contributed by atoms with van der Waals surface area (Å²) in [4.78, 5) is 32.1. The van der Waals surface area contributed by atoms with E-state index in [1.807, 2.05) is 44.2 Å². The SMILES string of the molecule is Cc1nnc(-c2c(CCc3ccc(F)cc3)nc(CC(C)C)c(C(N)=O)c2-c2ccc(C(=O)OCc3ccccc3)s2)o1. The van der Waals surface area contributed by atoms with Crippen molar-refractivity contribution in [1.82, 2.24) is 15.2 Å². The molecule has 220 valence electrons. The van der Waals surface area contributed by atoms with E-state index in [1.165, 1.54) is 23.5 Å². The Kier molecular flexibility index (Phi) is 9.06. The monoisotopic (exact) mass is 598 g/mol. The fraction of sp³-hybridized carbons (Fsp3) is 0.242. The normalized spacial score (nSPS) is 11.2. The van der Waals surface area contributed by atoms with E-state index >= 15 is 0 Å². The van der Waals surface area contributed by atoms with Gasteiger partial charge in [0.25, 0.3) is 5.91 Å². The molecule has 0 saturated heterocycles. The number of amides is 1. The molecule has 5 rings (SSSR count). The van der Waals surface area contributed by atoms with Gasteiger partial charge < -0.3 is 14.9 Å². The summed E-state index contributed by atoms with van der Waals surface area (Å²) in [6.45, 7) is 5.88. The third-order valence-corrected chi connectivity index (χ3v) is 7.85. The first-order chi connectivity index (χ1) is 20.7. The van der Waals surface area contributed by atoms with Crippen LogP contribution in [0.1, 0.15) is 62.3 Å². The number of nitrogens with two attached hydrogens (primary N) is 1. The maximum atomic E-state index is 13.6. The molecule has 2 aromatic carbocycles. The van der Waals surface area contributed by atoms with Crippen molar-refractivity contribution in [3.05, 3.63) is 111 Å². The number of aryl methyl sites for hydroxylation is 3. The molecule has 1 amide bonds. The number of aromatic nitrogens is 3. The Labute approximate surface area is 252 Å². The molecule has 0 saturated carbocycles. The summed E-state index contributed by atoms with van der Waals surface area (Å²) < 4.78 is 25.0. The van der Waals surface area contributed by atoms with Crippen LogP contribution in [0.25, 0.3) is 21.9 Å². The van der Waals surface area contributed by atoms with Gasteiger partial charge in [-0.1, -0.05) is 56.3 Å². The molecular formula is C33H31FN4O4S. The Bertz CT molecular complexity index is 1750. The molecule has 43 heavy (non-hydrogen) atoms. The van der Waals surface area contributed by atoms with Crippen molar-refractivity contribution in [3.8, 4) is 21.9 Å².